The summed E-state index contributed by atoms with van der Waals surface area (Å²) < 4.78 is 5.71. The van der Waals surface area contributed by atoms with Gasteiger partial charge in [0, 0.05) is 11.6 Å². The summed E-state index contributed by atoms with van der Waals surface area (Å²) in [5.41, 5.74) is 1.98. The monoisotopic (exact) mass is 262 g/mol. The molecule has 0 spiro atoms. The van der Waals surface area contributed by atoms with Gasteiger partial charge in [-0.05, 0) is 49.9 Å². The largest absolute Gasteiger partial charge is 0.456 e. The number of ether oxygens (including phenoxy) is 1. The highest BCUT2D eigenvalue weighted by Crippen LogP contribution is 2.25. The lowest BCUT2D eigenvalue weighted by Crippen LogP contribution is -2.06. The SMILES string of the molecule is CNCc1ccc(Oc2ccc(Cl)c(C)c2)cn1. The van der Waals surface area contributed by atoms with Crippen molar-refractivity contribution in [3.05, 3.63) is 52.8 Å². The zero-order chi connectivity index (χ0) is 13.0. The van der Waals surface area contributed by atoms with Gasteiger partial charge in [-0.2, -0.15) is 0 Å². The fourth-order valence-corrected chi connectivity index (χ4v) is 1.69. The van der Waals surface area contributed by atoms with Gasteiger partial charge >= 0.3 is 0 Å². The Morgan fingerprint density at radius 1 is 1.22 bits per heavy atom. The van der Waals surface area contributed by atoms with Gasteiger partial charge in [0.05, 0.1) is 11.9 Å². The van der Waals surface area contributed by atoms with Gasteiger partial charge in [0.25, 0.3) is 0 Å². The number of rotatable bonds is 4. The fourth-order valence-electron chi connectivity index (χ4n) is 1.57. The van der Waals surface area contributed by atoms with E-state index in [0.717, 1.165) is 34.3 Å². The second-order valence-corrected chi connectivity index (χ2v) is 4.44. The maximum absolute atomic E-state index is 5.96. The molecule has 0 saturated heterocycles. The van der Waals surface area contributed by atoms with Gasteiger partial charge in [-0.1, -0.05) is 11.6 Å². The fraction of sp³-hybridized carbons (Fsp3) is 0.214. The maximum atomic E-state index is 5.96. The molecule has 1 N–H and O–H groups in total. The van der Waals surface area contributed by atoms with Crippen LogP contribution in [0.1, 0.15) is 11.3 Å². The summed E-state index contributed by atoms with van der Waals surface area (Å²) in [6, 6.07) is 9.42. The molecule has 2 aromatic rings. The molecule has 1 aromatic heterocycles. The standard InChI is InChI=1S/C14H15ClN2O/c1-10-7-12(5-6-14(10)15)18-13-4-3-11(8-16-2)17-9-13/h3-7,9,16H,8H2,1-2H3. The number of aryl methyl sites for hydroxylation is 1. The summed E-state index contributed by atoms with van der Waals surface area (Å²) in [4.78, 5) is 4.29. The van der Waals surface area contributed by atoms with Gasteiger partial charge in [-0.15, -0.1) is 0 Å². The quantitative estimate of drug-likeness (QED) is 0.915. The maximum Gasteiger partial charge on any atom is 0.145 e. The zero-order valence-corrected chi connectivity index (χ0v) is 11.2. The molecular formula is C14H15ClN2O. The molecule has 0 amide bonds. The van der Waals surface area contributed by atoms with Crippen LogP contribution in [0.15, 0.2) is 36.5 Å². The second kappa shape index (κ2) is 5.85. The summed E-state index contributed by atoms with van der Waals surface area (Å²) in [7, 11) is 1.89. The van der Waals surface area contributed by atoms with Gasteiger partial charge < -0.3 is 10.1 Å². The Bertz CT molecular complexity index is 526. The van der Waals surface area contributed by atoms with Crippen LogP contribution in [0.3, 0.4) is 0 Å². The summed E-state index contributed by atoms with van der Waals surface area (Å²) >= 11 is 5.96. The van der Waals surface area contributed by atoms with Crippen molar-refractivity contribution in [2.45, 2.75) is 13.5 Å². The van der Waals surface area contributed by atoms with E-state index in [0.29, 0.717) is 0 Å². The summed E-state index contributed by atoms with van der Waals surface area (Å²) in [6.07, 6.45) is 1.72. The Morgan fingerprint density at radius 3 is 2.61 bits per heavy atom. The van der Waals surface area contributed by atoms with Crippen LogP contribution in [0.2, 0.25) is 5.02 Å². The molecule has 0 atom stereocenters. The molecule has 0 aliphatic rings. The summed E-state index contributed by atoms with van der Waals surface area (Å²) in [5.74, 6) is 1.48. The van der Waals surface area contributed by atoms with Crippen molar-refractivity contribution in [1.82, 2.24) is 10.3 Å². The molecule has 1 heterocycles. The molecule has 18 heavy (non-hydrogen) atoms. The first-order chi connectivity index (χ1) is 8.69. The molecule has 0 bridgehead atoms. The van der Waals surface area contributed by atoms with E-state index in [-0.39, 0.29) is 0 Å². The highest BCUT2D eigenvalue weighted by Gasteiger charge is 2.01. The van der Waals surface area contributed by atoms with Crippen LogP contribution in [0.25, 0.3) is 0 Å². The average molecular weight is 263 g/mol. The van der Waals surface area contributed by atoms with E-state index in [1.165, 1.54) is 0 Å². The number of nitrogens with zero attached hydrogens (tertiary/aromatic N) is 1. The Kier molecular flexibility index (Phi) is 4.18. The number of hydrogen-bond donors (Lipinski definition) is 1. The predicted octanol–water partition coefficient (Wildman–Crippen LogP) is 3.56. The van der Waals surface area contributed by atoms with Crippen LogP contribution >= 0.6 is 11.6 Å². The van der Waals surface area contributed by atoms with Crippen LogP contribution in [0, 0.1) is 6.92 Å². The van der Waals surface area contributed by atoms with Crippen molar-refractivity contribution in [2.75, 3.05) is 7.05 Å². The molecule has 0 unspecified atom stereocenters. The van der Waals surface area contributed by atoms with E-state index in [9.17, 15) is 0 Å². The minimum absolute atomic E-state index is 0.719. The molecule has 2 rings (SSSR count). The van der Waals surface area contributed by atoms with Crippen molar-refractivity contribution in [3.8, 4) is 11.5 Å². The number of hydrogen-bond acceptors (Lipinski definition) is 3. The first-order valence-corrected chi connectivity index (χ1v) is 6.10. The van der Waals surface area contributed by atoms with Gasteiger partial charge in [0.1, 0.15) is 11.5 Å². The smallest absolute Gasteiger partial charge is 0.145 e. The Labute approximate surface area is 112 Å². The van der Waals surface area contributed by atoms with E-state index >= 15 is 0 Å². The van der Waals surface area contributed by atoms with E-state index < -0.39 is 0 Å². The van der Waals surface area contributed by atoms with E-state index in [2.05, 4.69) is 10.3 Å². The normalized spacial score (nSPS) is 10.4. The highest BCUT2D eigenvalue weighted by atomic mass is 35.5. The van der Waals surface area contributed by atoms with E-state index in [1.54, 1.807) is 6.20 Å². The minimum atomic E-state index is 0.719. The van der Waals surface area contributed by atoms with Crippen LogP contribution in [-0.2, 0) is 6.54 Å². The van der Waals surface area contributed by atoms with Crippen molar-refractivity contribution >= 4 is 11.6 Å². The van der Waals surface area contributed by atoms with Crippen LogP contribution in [0.5, 0.6) is 11.5 Å². The zero-order valence-electron chi connectivity index (χ0n) is 10.4. The van der Waals surface area contributed by atoms with Crippen molar-refractivity contribution in [1.29, 1.82) is 0 Å². The predicted molar refractivity (Wildman–Crippen MR) is 73.3 cm³/mol. The third-order valence-electron chi connectivity index (χ3n) is 2.52. The Morgan fingerprint density at radius 2 is 2.00 bits per heavy atom. The lowest BCUT2D eigenvalue weighted by atomic mass is 10.2. The number of aromatic nitrogens is 1. The molecule has 0 radical (unpaired) electrons. The number of pyridine rings is 1. The Hall–Kier alpha value is -1.58. The van der Waals surface area contributed by atoms with Gasteiger partial charge in [0.15, 0.2) is 0 Å². The first kappa shape index (κ1) is 12.9. The molecule has 3 nitrogen and oxygen atoms in total. The summed E-state index contributed by atoms with van der Waals surface area (Å²) in [6.45, 7) is 2.70. The molecule has 1 aromatic carbocycles. The molecule has 0 fully saturated rings. The van der Waals surface area contributed by atoms with Crippen LogP contribution in [0.4, 0.5) is 0 Å². The molecule has 4 heteroatoms. The van der Waals surface area contributed by atoms with Crippen LogP contribution < -0.4 is 10.1 Å². The van der Waals surface area contributed by atoms with E-state index in [4.69, 9.17) is 16.3 Å². The third-order valence-corrected chi connectivity index (χ3v) is 2.94. The van der Waals surface area contributed by atoms with Gasteiger partial charge in [0.2, 0.25) is 0 Å². The van der Waals surface area contributed by atoms with Crippen molar-refractivity contribution in [2.24, 2.45) is 0 Å². The molecular weight excluding hydrogens is 248 g/mol. The lowest BCUT2D eigenvalue weighted by molar-refractivity contribution is 0.479. The molecule has 0 saturated carbocycles. The minimum Gasteiger partial charge on any atom is -0.456 e. The number of halogens is 1. The van der Waals surface area contributed by atoms with Gasteiger partial charge in [-0.25, -0.2) is 0 Å². The average Bonchev–Trinajstić information content (AvgIpc) is 2.37. The van der Waals surface area contributed by atoms with Crippen LogP contribution in [-0.4, -0.2) is 12.0 Å². The number of benzene rings is 1. The Balaban J connectivity index is 2.10. The summed E-state index contributed by atoms with van der Waals surface area (Å²) in [5, 5.41) is 3.79. The first-order valence-electron chi connectivity index (χ1n) is 5.72. The van der Waals surface area contributed by atoms with E-state index in [1.807, 2.05) is 44.3 Å². The lowest BCUT2D eigenvalue weighted by Gasteiger charge is -2.07. The van der Waals surface area contributed by atoms with Crippen molar-refractivity contribution in [3.63, 3.8) is 0 Å². The van der Waals surface area contributed by atoms with Gasteiger partial charge in [-0.3, -0.25) is 4.98 Å². The number of nitrogens with one attached hydrogen (secondary N) is 1. The van der Waals surface area contributed by atoms with Crippen molar-refractivity contribution < 1.29 is 4.74 Å². The highest BCUT2D eigenvalue weighted by molar-refractivity contribution is 6.31. The topological polar surface area (TPSA) is 34.1 Å². The molecule has 94 valence electrons. The molecule has 0 aliphatic heterocycles. The third kappa shape index (κ3) is 3.22. The second-order valence-electron chi connectivity index (χ2n) is 4.03. The molecule has 0 aliphatic carbocycles.